The summed E-state index contributed by atoms with van der Waals surface area (Å²) in [5.41, 5.74) is 1.01. The van der Waals surface area contributed by atoms with Crippen molar-refractivity contribution >= 4 is 0 Å². The molecule has 1 aromatic heterocycles. The highest BCUT2D eigenvalue weighted by atomic mass is 16.5. The van der Waals surface area contributed by atoms with Crippen molar-refractivity contribution in [3.8, 4) is 22.8 Å². The van der Waals surface area contributed by atoms with E-state index in [0.717, 1.165) is 48.1 Å². The average molecular weight is 273 g/mol. The van der Waals surface area contributed by atoms with Crippen LogP contribution in [0.1, 0.15) is 19.1 Å². The lowest BCUT2D eigenvalue weighted by atomic mass is 10.1. The fourth-order valence-electron chi connectivity index (χ4n) is 2.19. The number of nitrogens with one attached hydrogen (secondary N) is 1. The van der Waals surface area contributed by atoms with Gasteiger partial charge in [0.25, 0.3) is 0 Å². The molecule has 1 N–H and O–H groups in total. The minimum atomic E-state index is 0.695. The number of furan rings is 1. The van der Waals surface area contributed by atoms with Crippen LogP contribution in [-0.4, -0.2) is 19.8 Å². The van der Waals surface area contributed by atoms with Crippen LogP contribution in [0, 0.1) is 0 Å². The minimum Gasteiger partial charge on any atom is -0.490 e. The van der Waals surface area contributed by atoms with Crippen LogP contribution in [0.2, 0.25) is 0 Å². The zero-order valence-electron chi connectivity index (χ0n) is 11.6. The summed E-state index contributed by atoms with van der Waals surface area (Å²) in [5.74, 6) is 3.40. The van der Waals surface area contributed by atoms with E-state index >= 15 is 0 Å². The van der Waals surface area contributed by atoms with Gasteiger partial charge in [0.1, 0.15) is 11.5 Å². The first kappa shape index (κ1) is 13.1. The van der Waals surface area contributed by atoms with E-state index in [4.69, 9.17) is 13.9 Å². The van der Waals surface area contributed by atoms with Crippen molar-refractivity contribution in [2.75, 3.05) is 19.8 Å². The minimum absolute atomic E-state index is 0.695. The standard InChI is InChI=1S/C16H19NO3/c1-2-17-11-13-5-7-14(20-13)12-4-6-15-16(10-12)19-9-3-8-18-15/h4-7,10,17H,2-3,8-9,11H2,1H3. The average Bonchev–Trinajstić information content (AvgIpc) is 2.82. The fourth-order valence-corrected chi connectivity index (χ4v) is 2.19. The van der Waals surface area contributed by atoms with Crippen LogP contribution < -0.4 is 14.8 Å². The van der Waals surface area contributed by atoms with Crippen molar-refractivity contribution in [3.05, 3.63) is 36.1 Å². The van der Waals surface area contributed by atoms with Gasteiger partial charge in [-0.2, -0.15) is 0 Å². The van der Waals surface area contributed by atoms with Crippen LogP contribution in [0.5, 0.6) is 11.5 Å². The van der Waals surface area contributed by atoms with Crippen molar-refractivity contribution in [1.29, 1.82) is 0 Å². The van der Waals surface area contributed by atoms with Crippen LogP contribution in [0.4, 0.5) is 0 Å². The summed E-state index contributed by atoms with van der Waals surface area (Å²) in [6, 6.07) is 9.93. The highest BCUT2D eigenvalue weighted by molar-refractivity contribution is 5.63. The molecule has 0 fully saturated rings. The number of benzene rings is 1. The molecule has 0 amide bonds. The molecule has 20 heavy (non-hydrogen) atoms. The first-order valence-corrected chi connectivity index (χ1v) is 7.06. The Morgan fingerprint density at radius 3 is 2.75 bits per heavy atom. The molecule has 0 unspecified atom stereocenters. The summed E-state index contributed by atoms with van der Waals surface area (Å²) in [6.07, 6.45) is 0.914. The monoisotopic (exact) mass is 273 g/mol. The highest BCUT2D eigenvalue weighted by Crippen LogP contribution is 2.34. The molecular weight excluding hydrogens is 254 g/mol. The summed E-state index contributed by atoms with van der Waals surface area (Å²) < 4.78 is 17.2. The summed E-state index contributed by atoms with van der Waals surface area (Å²) in [7, 11) is 0. The molecule has 4 nitrogen and oxygen atoms in total. The van der Waals surface area contributed by atoms with E-state index in [-0.39, 0.29) is 0 Å². The SMILES string of the molecule is CCNCc1ccc(-c2ccc3c(c2)OCCCO3)o1. The molecule has 106 valence electrons. The highest BCUT2D eigenvalue weighted by Gasteiger charge is 2.13. The molecule has 0 saturated heterocycles. The Morgan fingerprint density at radius 2 is 1.90 bits per heavy atom. The second kappa shape index (κ2) is 6.01. The summed E-state index contributed by atoms with van der Waals surface area (Å²) in [6.45, 7) is 5.16. The topological polar surface area (TPSA) is 43.6 Å². The third-order valence-corrected chi connectivity index (χ3v) is 3.24. The molecule has 0 saturated carbocycles. The lowest BCUT2D eigenvalue weighted by Crippen LogP contribution is -2.10. The predicted octanol–water partition coefficient (Wildman–Crippen LogP) is 3.22. The molecule has 2 heterocycles. The second-order valence-electron chi connectivity index (χ2n) is 4.76. The molecule has 4 heteroatoms. The summed E-state index contributed by atoms with van der Waals surface area (Å²) in [4.78, 5) is 0. The molecule has 0 aliphatic carbocycles. The number of ether oxygens (including phenoxy) is 2. The largest absolute Gasteiger partial charge is 0.490 e. The van der Waals surface area contributed by atoms with Crippen molar-refractivity contribution in [2.24, 2.45) is 0 Å². The van der Waals surface area contributed by atoms with E-state index in [1.165, 1.54) is 0 Å². The lowest BCUT2D eigenvalue weighted by Gasteiger charge is -2.08. The molecule has 1 aliphatic heterocycles. The molecule has 0 bridgehead atoms. The van der Waals surface area contributed by atoms with Crippen LogP contribution >= 0.6 is 0 Å². The van der Waals surface area contributed by atoms with Gasteiger partial charge in [-0.05, 0) is 36.9 Å². The molecule has 3 rings (SSSR count). The quantitative estimate of drug-likeness (QED) is 0.929. The maximum Gasteiger partial charge on any atom is 0.161 e. The Bertz CT molecular complexity index is 577. The molecule has 0 atom stereocenters. The Hall–Kier alpha value is -1.94. The van der Waals surface area contributed by atoms with Gasteiger partial charge in [-0.25, -0.2) is 0 Å². The van der Waals surface area contributed by atoms with Gasteiger partial charge in [0, 0.05) is 12.0 Å². The normalized spacial score (nSPS) is 14.1. The zero-order chi connectivity index (χ0) is 13.8. The van der Waals surface area contributed by atoms with Crippen LogP contribution in [0.25, 0.3) is 11.3 Å². The van der Waals surface area contributed by atoms with Crippen LogP contribution in [0.3, 0.4) is 0 Å². The smallest absolute Gasteiger partial charge is 0.161 e. The van der Waals surface area contributed by atoms with Gasteiger partial charge in [-0.1, -0.05) is 6.92 Å². The molecule has 1 aromatic carbocycles. The Labute approximate surface area is 118 Å². The van der Waals surface area contributed by atoms with Gasteiger partial charge in [0.2, 0.25) is 0 Å². The van der Waals surface area contributed by atoms with E-state index in [0.29, 0.717) is 13.2 Å². The second-order valence-corrected chi connectivity index (χ2v) is 4.76. The number of rotatable bonds is 4. The summed E-state index contributed by atoms with van der Waals surface area (Å²) in [5, 5.41) is 3.25. The van der Waals surface area contributed by atoms with Gasteiger partial charge in [-0.3, -0.25) is 0 Å². The number of hydrogen-bond acceptors (Lipinski definition) is 4. The van der Waals surface area contributed by atoms with Crippen molar-refractivity contribution in [1.82, 2.24) is 5.32 Å². The fraction of sp³-hybridized carbons (Fsp3) is 0.375. The third kappa shape index (κ3) is 2.80. The van der Waals surface area contributed by atoms with E-state index in [1.807, 2.05) is 30.3 Å². The van der Waals surface area contributed by atoms with E-state index in [9.17, 15) is 0 Å². The van der Waals surface area contributed by atoms with Gasteiger partial charge >= 0.3 is 0 Å². The maximum absolute atomic E-state index is 5.84. The maximum atomic E-state index is 5.84. The number of fused-ring (bicyclic) bond motifs is 1. The van der Waals surface area contributed by atoms with Gasteiger partial charge in [0.05, 0.1) is 19.8 Å². The van der Waals surface area contributed by atoms with Crippen LogP contribution in [-0.2, 0) is 6.54 Å². The molecule has 0 radical (unpaired) electrons. The van der Waals surface area contributed by atoms with Crippen molar-refractivity contribution in [3.63, 3.8) is 0 Å². The molecule has 0 spiro atoms. The third-order valence-electron chi connectivity index (χ3n) is 3.24. The molecular formula is C16H19NO3. The lowest BCUT2D eigenvalue weighted by molar-refractivity contribution is 0.297. The van der Waals surface area contributed by atoms with Gasteiger partial charge in [-0.15, -0.1) is 0 Å². The van der Waals surface area contributed by atoms with E-state index in [2.05, 4.69) is 12.2 Å². The Kier molecular flexibility index (Phi) is 3.92. The Balaban J connectivity index is 1.83. The van der Waals surface area contributed by atoms with Crippen molar-refractivity contribution in [2.45, 2.75) is 19.9 Å². The summed E-state index contributed by atoms with van der Waals surface area (Å²) >= 11 is 0. The van der Waals surface area contributed by atoms with E-state index < -0.39 is 0 Å². The molecule has 1 aliphatic rings. The predicted molar refractivity (Wildman–Crippen MR) is 77.1 cm³/mol. The van der Waals surface area contributed by atoms with Gasteiger partial charge in [0.15, 0.2) is 11.5 Å². The first-order chi connectivity index (χ1) is 9.86. The van der Waals surface area contributed by atoms with Crippen LogP contribution in [0.15, 0.2) is 34.7 Å². The zero-order valence-corrected chi connectivity index (χ0v) is 11.6. The number of hydrogen-bond donors (Lipinski definition) is 1. The van der Waals surface area contributed by atoms with Gasteiger partial charge < -0.3 is 19.2 Å². The van der Waals surface area contributed by atoms with Crippen molar-refractivity contribution < 1.29 is 13.9 Å². The first-order valence-electron chi connectivity index (χ1n) is 7.06. The Morgan fingerprint density at radius 1 is 1.05 bits per heavy atom. The molecule has 2 aromatic rings. The van der Waals surface area contributed by atoms with E-state index in [1.54, 1.807) is 0 Å².